The summed E-state index contributed by atoms with van der Waals surface area (Å²) in [4.78, 5) is 22.1. The van der Waals surface area contributed by atoms with Crippen LogP contribution in [0.15, 0.2) is 78.1 Å². The number of aliphatic carboxylic acids is 1. The van der Waals surface area contributed by atoms with Crippen molar-refractivity contribution in [2.24, 2.45) is 0 Å². The van der Waals surface area contributed by atoms with E-state index in [-0.39, 0.29) is 0 Å². The van der Waals surface area contributed by atoms with E-state index >= 15 is 0 Å². The molecule has 2 unspecified atom stereocenters. The fourth-order valence-corrected chi connectivity index (χ4v) is 2.72. The van der Waals surface area contributed by atoms with Gasteiger partial charge in [-0.3, -0.25) is 10.1 Å². The third-order valence-electron chi connectivity index (χ3n) is 3.78. The van der Waals surface area contributed by atoms with Crippen molar-refractivity contribution in [2.75, 3.05) is 0 Å². The van der Waals surface area contributed by atoms with Gasteiger partial charge in [-0.1, -0.05) is 48.6 Å². The average molecular weight is 311 g/mol. The van der Waals surface area contributed by atoms with Crippen LogP contribution >= 0.6 is 0 Å². The minimum atomic E-state index is -2.00. The molecule has 6 nitrogen and oxygen atoms in total. The van der Waals surface area contributed by atoms with E-state index in [9.17, 15) is 14.9 Å². The summed E-state index contributed by atoms with van der Waals surface area (Å²) in [7, 11) is 0. The minimum Gasteiger partial charge on any atom is -0.478 e. The molecule has 2 aliphatic rings. The number of allylic oxidation sites excluding steroid dienone is 3. The largest absolute Gasteiger partial charge is 0.478 e. The van der Waals surface area contributed by atoms with Crippen LogP contribution in [0.3, 0.4) is 0 Å². The number of hydrogen-bond acceptors (Lipinski definition) is 4. The van der Waals surface area contributed by atoms with Crippen LogP contribution in [0, 0.1) is 10.1 Å². The van der Waals surface area contributed by atoms with Gasteiger partial charge in [0.05, 0.1) is 4.92 Å². The molecule has 23 heavy (non-hydrogen) atoms. The van der Waals surface area contributed by atoms with Crippen LogP contribution in [-0.4, -0.2) is 21.7 Å². The average Bonchev–Trinajstić information content (AvgIpc) is 2.99. The van der Waals surface area contributed by atoms with Gasteiger partial charge in [0.15, 0.2) is 0 Å². The number of nitro groups is 1. The van der Waals surface area contributed by atoms with Crippen molar-refractivity contribution >= 4 is 5.97 Å². The highest BCUT2D eigenvalue weighted by molar-refractivity contribution is 5.80. The van der Waals surface area contributed by atoms with Crippen LogP contribution in [0.2, 0.25) is 0 Å². The highest BCUT2D eigenvalue weighted by Crippen LogP contribution is 2.44. The molecule has 1 aliphatic heterocycles. The molecule has 116 valence electrons. The van der Waals surface area contributed by atoms with Gasteiger partial charge in [0.2, 0.25) is 0 Å². The second-order valence-electron chi connectivity index (χ2n) is 5.18. The zero-order valence-electron chi connectivity index (χ0n) is 12.0. The van der Waals surface area contributed by atoms with Crippen LogP contribution in [0.1, 0.15) is 11.5 Å². The maximum atomic E-state index is 11.8. The smallest absolute Gasteiger partial charge is 0.393 e. The molecule has 1 aromatic rings. The highest BCUT2D eigenvalue weighted by atomic mass is 16.7. The predicted octanol–water partition coefficient (Wildman–Crippen LogP) is 2.79. The van der Waals surface area contributed by atoms with E-state index in [2.05, 4.69) is 0 Å². The van der Waals surface area contributed by atoms with Crippen molar-refractivity contribution in [2.45, 2.75) is 11.6 Å². The summed E-state index contributed by atoms with van der Waals surface area (Å²) in [6.45, 7) is 0. The fraction of sp³-hybridized carbons (Fsp3) is 0.118. The first-order valence-corrected chi connectivity index (χ1v) is 6.94. The number of carbonyl (C=O) groups is 1. The number of benzene rings is 1. The maximum absolute atomic E-state index is 11.8. The Balaban J connectivity index is 2.18. The summed E-state index contributed by atoms with van der Waals surface area (Å²) in [6.07, 6.45) is 8.65. The molecule has 0 bridgehead atoms. The number of rotatable bonds is 4. The van der Waals surface area contributed by atoms with E-state index in [0.717, 1.165) is 17.7 Å². The lowest BCUT2D eigenvalue weighted by molar-refractivity contribution is -0.612. The third-order valence-corrected chi connectivity index (χ3v) is 3.78. The molecule has 0 fully saturated rings. The lowest BCUT2D eigenvalue weighted by Crippen LogP contribution is -2.46. The Labute approximate surface area is 131 Å². The van der Waals surface area contributed by atoms with Crippen LogP contribution in [0.4, 0.5) is 0 Å². The fourth-order valence-electron chi connectivity index (χ4n) is 2.72. The van der Waals surface area contributed by atoms with E-state index in [0.29, 0.717) is 11.3 Å². The van der Waals surface area contributed by atoms with Gasteiger partial charge in [0.1, 0.15) is 11.7 Å². The molecule has 1 aliphatic carbocycles. The first-order chi connectivity index (χ1) is 11.0. The summed E-state index contributed by atoms with van der Waals surface area (Å²) in [5.41, 5.74) is -0.577. The van der Waals surface area contributed by atoms with Crippen LogP contribution < -0.4 is 0 Å². The normalized spacial score (nSPS) is 25.5. The van der Waals surface area contributed by atoms with Crippen molar-refractivity contribution in [3.63, 3.8) is 0 Å². The van der Waals surface area contributed by atoms with Gasteiger partial charge in [-0.2, -0.15) is 0 Å². The number of carboxylic acids is 1. The summed E-state index contributed by atoms with van der Waals surface area (Å²) in [5, 5.41) is 20.7. The minimum absolute atomic E-state index is 0.365. The van der Waals surface area contributed by atoms with Crippen LogP contribution in [0.25, 0.3) is 0 Å². The van der Waals surface area contributed by atoms with E-state index < -0.39 is 22.5 Å². The lowest BCUT2D eigenvalue weighted by Gasteiger charge is -2.34. The van der Waals surface area contributed by atoms with E-state index in [1.54, 1.807) is 48.6 Å². The van der Waals surface area contributed by atoms with Gasteiger partial charge in [-0.05, 0) is 11.6 Å². The summed E-state index contributed by atoms with van der Waals surface area (Å²) >= 11 is 0. The Morgan fingerprint density at radius 2 is 2.09 bits per heavy atom. The molecule has 2 atom stereocenters. The van der Waals surface area contributed by atoms with E-state index in [1.807, 2.05) is 6.07 Å². The summed E-state index contributed by atoms with van der Waals surface area (Å²) < 4.78 is 5.66. The van der Waals surface area contributed by atoms with Gasteiger partial charge in [-0.15, -0.1) is 0 Å². The number of hydrogen-bond donors (Lipinski definition) is 1. The summed E-state index contributed by atoms with van der Waals surface area (Å²) in [5.74, 6) is -1.65. The number of ether oxygens (including phenoxy) is 1. The zero-order chi connectivity index (χ0) is 16.4. The van der Waals surface area contributed by atoms with Crippen LogP contribution in [-0.2, 0) is 9.53 Å². The number of nitrogens with zero attached hydrogens (tertiary/aromatic N) is 1. The highest BCUT2D eigenvalue weighted by Gasteiger charge is 2.54. The van der Waals surface area contributed by atoms with Crippen molar-refractivity contribution < 1.29 is 19.6 Å². The number of fused-ring (bicyclic) bond motifs is 1. The van der Waals surface area contributed by atoms with Gasteiger partial charge in [0, 0.05) is 17.7 Å². The van der Waals surface area contributed by atoms with Crippen molar-refractivity contribution in [3.05, 3.63) is 93.8 Å². The second kappa shape index (κ2) is 5.57. The Kier molecular flexibility index (Phi) is 3.57. The maximum Gasteiger partial charge on any atom is 0.393 e. The molecule has 3 rings (SSSR count). The van der Waals surface area contributed by atoms with Crippen molar-refractivity contribution in [3.8, 4) is 0 Å². The van der Waals surface area contributed by atoms with Gasteiger partial charge in [0.25, 0.3) is 0 Å². The molecule has 0 aromatic heterocycles. The molecule has 0 saturated heterocycles. The number of carboxylic acid groups (broad SMARTS) is 1. The van der Waals surface area contributed by atoms with Crippen molar-refractivity contribution in [1.29, 1.82) is 0 Å². The third kappa shape index (κ3) is 2.55. The first kappa shape index (κ1) is 14.8. The molecular weight excluding hydrogens is 298 g/mol. The summed E-state index contributed by atoms with van der Waals surface area (Å²) in [6, 6.07) is 8.86. The molecule has 6 heteroatoms. The monoisotopic (exact) mass is 311 g/mol. The second-order valence-corrected chi connectivity index (χ2v) is 5.18. The molecular formula is C17H13NO5. The molecule has 1 N–H and O–H groups in total. The molecule has 0 spiro atoms. The predicted molar refractivity (Wildman–Crippen MR) is 82.1 cm³/mol. The van der Waals surface area contributed by atoms with Gasteiger partial charge < -0.3 is 9.84 Å². The van der Waals surface area contributed by atoms with Gasteiger partial charge in [-0.25, -0.2) is 4.79 Å². The Morgan fingerprint density at radius 1 is 1.35 bits per heavy atom. The quantitative estimate of drug-likeness (QED) is 0.524. The van der Waals surface area contributed by atoms with E-state index in [4.69, 9.17) is 9.84 Å². The topological polar surface area (TPSA) is 89.7 Å². The SMILES string of the molecule is O=C(O)C=CC1([N+](=O)[O-])OC2=CC=CC2=CC1c1ccccc1. The first-order valence-electron chi connectivity index (χ1n) is 6.94. The zero-order valence-corrected chi connectivity index (χ0v) is 12.0. The standard InChI is InChI=1S/C17H13NO5/c19-16(20)9-10-17(18(21)22)14(12-5-2-1-3-6-12)11-13-7-4-8-15(13)23-17/h1-11,14H,(H,19,20). The van der Waals surface area contributed by atoms with Crippen LogP contribution in [0.5, 0.6) is 0 Å². The molecule has 0 saturated carbocycles. The Bertz CT molecular complexity index is 775. The van der Waals surface area contributed by atoms with Gasteiger partial charge >= 0.3 is 11.7 Å². The molecule has 1 aromatic carbocycles. The van der Waals surface area contributed by atoms with E-state index in [1.165, 1.54) is 0 Å². The molecule has 1 heterocycles. The van der Waals surface area contributed by atoms with Crippen molar-refractivity contribution in [1.82, 2.24) is 0 Å². The Morgan fingerprint density at radius 3 is 2.74 bits per heavy atom. The Hall–Kier alpha value is -3.15. The molecule has 0 amide bonds. The molecule has 0 radical (unpaired) electrons. The lowest BCUT2D eigenvalue weighted by atomic mass is 9.84.